The van der Waals surface area contributed by atoms with E-state index >= 15 is 0 Å². The van der Waals surface area contributed by atoms with Gasteiger partial charge in [0.05, 0.1) is 24.5 Å². The van der Waals surface area contributed by atoms with E-state index in [-0.39, 0.29) is 27.2 Å². The number of ether oxygens (including phenoxy) is 2. The van der Waals surface area contributed by atoms with Gasteiger partial charge in [0, 0.05) is 23.1 Å². The van der Waals surface area contributed by atoms with Crippen molar-refractivity contribution in [3.63, 3.8) is 0 Å². The lowest BCUT2D eigenvalue weighted by molar-refractivity contribution is -0.153. The van der Waals surface area contributed by atoms with Gasteiger partial charge in [0.2, 0.25) is 10.0 Å². The summed E-state index contributed by atoms with van der Waals surface area (Å²) in [6.07, 6.45) is 7.22. The van der Waals surface area contributed by atoms with Crippen molar-refractivity contribution in [1.29, 1.82) is 0 Å². The van der Waals surface area contributed by atoms with Crippen LogP contribution in [0.25, 0.3) is 0 Å². The van der Waals surface area contributed by atoms with E-state index in [1.54, 1.807) is 0 Å². The summed E-state index contributed by atoms with van der Waals surface area (Å²) in [6.45, 7) is 1.06. The highest BCUT2D eigenvalue weighted by atomic mass is 79.9. The number of benzene rings is 1. The summed E-state index contributed by atoms with van der Waals surface area (Å²) in [5.74, 6) is 0.610. The molecule has 1 saturated heterocycles. The first kappa shape index (κ1) is 24.2. The number of hydrogen-bond acceptors (Lipinski definition) is 6. The Labute approximate surface area is 208 Å². The number of amides is 1. The molecule has 10 heteroatoms. The molecule has 0 spiro atoms. The SMILES string of the molecule is O=C(COC(=O)CC12C[C@@H]3C[C@H](CC(Br)(C3)C1)C2)Nc1ccc(S(=O)(=O)N2CCOCC2)cc1. The van der Waals surface area contributed by atoms with Crippen LogP contribution in [-0.4, -0.2) is 61.8 Å². The molecule has 4 aliphatic carbocycles. The molecule has 1 heterocycles. The van der Waals surface area contributed by atoms with E-state index in [9.17, 15) is 18.0 Å². The Hall–Kier alpha value is -1.49. The summed E-state index contributed by atoms with van der Waals surface area (Å²) < 4.78 is 37.5. The highest BCUT2D eigenvalue weighted by Crippen LogP contribution is 2.65. The van der Waals surface area contributed by atoms with E-state index in [0.29, 0.717) is 50.2 Å². The first-order valence-corrected chi connectivity index (χ1v) is 14.2. The Kier molecular flexibility index (Phi) is 6.54. The molecule has 0 aromatic heterocycles. The predicted molar refractivity (Wildman–Crippen MR) is 129 cm³/mol. The molecule has 34 heavy (non-hydrogen) atoms. The Morgan fingerprint density at radius 2 is 1.74 bits per heavy atom. The summed E-state index contributed by atoms with van der Waals surface area (Å²) in [5.41, 5.74) is 0.451. The average molecular weight is 555 g/mol. The van der Waals surface area contributed by atoms with Gasteiger partial charge in [-0.2, -0.15) is 4.31 Å². The number of esters is 1. The summed E-state index contributed by atoms with van der Waals surface area (Å²) in [4.78, 5) is 25.1. The number of hydrogen-bond donors (Lipinski definition) is 1. The molecule has 4 saturated carbocycles. The highest BCUT2D eigenvalue weighted by molar-refractivity contribution is 9.10. The lowest BCUT2D eigenvalue weighted by Crippen LogP contribution is -2.53. The summed E-state index contributed by atoms with van der Waals surface area (Å²) in [6, 6.07) is 6.01. The van der Waals surface area contributed by atoms with Gasteiger partial charge in [-0.3, -0.25) is 9.59 Å². The van der Waals surface area contributed by atoms with E-state index in [2.05, 4.69) is 21.2 Å². The highest BCUT2D eigenvalue weighted by Gasteiger charge is 2.57. The maximum absolute atomic E-state index is 12.7. The molecule has 5 aliphatic rings. The molecule has 8 nitrogen and oxygen atoms in total. The van der Waals surface area contributed by atoms with E-state index in [1.807, 2.05) is 0 Å². The van der Waals surface area contributed by atoms with Crippen LogP contribution in [0.4, 0.5) is 5.69 Å². The monoisotopic (exact) mass is 554 g/mol. The summed E-state index contributed by atoms with van der Waals surface area (Å²) in [7, 11) is -3.59. The third kappa shape index (κ3) is 5.05. The van der Waals surface area contributed by atoms with Gasteiger partial charge < -0.3 is 14.8 Å². The maximum atomic E-state index is 12.7. The van der Waals surface area contributed by atoms with E-state index < -0.39 is 15.9 Å². The molecule has 6 rings (SSSR count). The largest absolute Gasteiger partial charge is 0.456 e. The summed E-state index contributed by atoms with van der Waals surface area (Å²) >= 11 is 3.96. The van der Waals surface area contributed by atoms with E-state index in [1.165, 1.54) is 47.8 Å². The molecule has 1 amide bonds. The first-order chi connectivity index (χ1) is 16.1. The third-order valence-corrected chi connectivity index (χ3v) is 10.6. The standard InChI is InChI=1S/C24H31BrN2O6S/c25-24-12-17-9-18(13-24)11-23(10-17,16-24)14-22(29)33-15-21(28)26-19-1-3-20(4-2-19)34(30,31)27-5-7-32-8-6-27/h1-4,17-18H,5-16H2,(H,26,28)/t17-,18-,23?,24?/m0/s1. The molecule has 5 fully saturated rings. The second kappa shape index (κ2) is 9.19. The van der Waals surface area contributed by atoms with Crippen molar-refractivity contribution in [2.45, 2.75) is 54.2 Å². The Morgan fingerprint density at radius 1 is 1.09 bits per heavy atom. The normalized spacial score (nSPS) is 33.0. The van der Waals surface area contributed by atoms with Crippen LogP contribution in [0.3, 0.4) is 0 Å². The van der Waals surface area contributed by atoms with E-state index in [0.717, 1.165) is 19.3 Å². The van der Waals surface area contributed by atoms with Crippen molar-refractivity contribution in [2.24, 2.45) is 17.3 Å². The number of carbonyl (C=O) groups excluding carboxylic acids is 2. The van der Waals surface area contributed by atoms with Gasteiger partial charge in [-0.15, -0.1) is 0 Å². The van der Waals surface area contributed by atoms with Crippen LogP contribution >= 0.6 is 15.9 Å². The van der Waals surface area contributed by atoms with Gasteiger partial charge in [-0.05, 0) is 80.0 Å². The van der Waals surface area contributed by atoms with Crippen LogP contribution in [-0.2, 0) is 29.1 Å². The van der Waals surface area contributed by atoms with Crippen molar-refractivity contribution >= 4 is 43.5 Å². The van der Waals surface area contributed by atoms with Gasteiger partial charge in [-0.1, -0.05) is 15.9 Å². The lowest BCUT2D eigenvalue weighted by atomic mass is 9.49. The fraction of sp³-hybridized carbons (Fsp3) is 0.667. The molecule has 186 valence electrons. The van der Waals surface area contributed by atoms with Crippen molar-refractivity contribution in [3.05, 3.63) is 24.3 Å². The average Bonchev–Trinajstić information content (AvgIpc) is 2.77. The molecule has 1 aromatic carbocycles. The van der Waals surface area contributed by atoms with Crippen LogP contribution < -0.4 is 5.32 Å². The molecule has 2 atom stereocenters. The second-order valence-electron chi connectivity index (χ2n) is 10.5. The van der Waals surface area contributed by atoms with Gasteiger partial charge in [0.1, 0.15) is 0 Å². The van der Waals surface area contributed by atoms with Crippen molar-refractivity contribution in [3.8, 4) is 0 Å². The minimum Gasteiger partial charge on any atom is -0.456 e. The quantitative estimate of drug-likeness (QED) is 0.409. The number of alkyl halides is 1. The molecule has 1 N–H and O–H groups in total. The number of nitrogens with zero attached hydrogens (tertiary/aromatic N) is 1. The number of halogens is 1. The zero-order valence-corrected chi connectivity index (χ0v) is 21.5. The van der Waals surface area contributed by atoms with Crippen LogP contribution in [0.15, 0.2) is 29.2 Å². The number of carbonyl (C=O) groups is 2. The zero-order chi connectivity index (χ0) is 24.0. The number of anilines is 1. The molecule has 0 unspecified atom stereocenters. The van der Waals surface area contributed by atoms with Crippen LogP contribution in [0, 0.1) is 17.3 Å². The second-order valence-corrected chi connectivity index (χ2v) is 14.2. The number of sulfonamides is 1. The predicted octanol–water partition coefficient (Wildman–Crippen LogP) is 3.31. The van der Waals surface area contributed by atoms with Gasteiger partial charge >= 0.3 is 5.97 Å². The minimum absolute atomic E-state index is 0.00292. The van der Waals surface area contributed by atoms with Crippen LogP contribution in [0.2, 0.25) is 0 Å². The number of nitrogens with one attached hydrogen (secondary N) is 1. The smallest absolute Gasteiger partial charge is 0.306 e. The minimum atomic E-state index is -3.59. The van der Waals surface area contributed by atoms with Crippen molar-refractivity contribution in [1.82, 2.24) is 4.31 Å². The topological polar surface area (TPSA) is 102 Å². The number of rotatable bonds is 7. The Balaban J connectivity index is 1.11. The zero-order valence-electron chi connectivity index (χ0n) is 19.1. The van der Waals surface area contributed by atoms with Gasteiger partial charge in [-0.25, -0.2) is 8.42 Å². The van der Waals surface area contributed by atoms with Gasteiger partial charge in [0.25, 0.3) is 5.91 Å². The van der Waals surface area contributed by atoms with Crippen LogP contribution in [0.1, 0.15) is 44.9 Å². The lowest BCUT2D eigenvalue weighted by Gasteiger charge is -2.60. The molecule has 1 aromatic rings. The van der Waals surface area contributed by atoms with Crippen molar-refractivity contribution in [2.75, 3.05) is 38.2 Å². The molecule has 0 radical (unpaired) electrons. The van der Waals surface area contributed by atoms with Crippen molar-refractivity contribution < 1.29 is 27.5 Å². The maximum Gasteiger partial charge on any atom is 0.306 e. The summed E-state index contributed by atoms with van der Waals surface area (Å²) in [5, 5.41) is 2.67. The van der Waals surface area contributed by atoms with E-state index in [4.69, 9.17) is 9.47 Å². The fourth-order valence-corrected chi connectivity index (χ4v) is 9.81. The fourth-order valence-electron chi connectivity index (χ4n) is 6.89. The molecule has 1 aliphatic heterocycles. The Bertz CT molecular complexity index is 1040. The third-order valence-electron chi connectivity index (χ3n) is 7.74. The van der Waals surface area contributed by atoms with Gasteiger partial charge in [0.15, 0.2) is 6.61 Å². The molecule has 4 bridgehead atoms. The first-order valence-electron chi connectivity index (χ1n) is 12.0. The molecular formula is C24H31BrN2O6S. The Morgan fingerprint density at radius 3 is 2.35 bits per heavy atom. The molecular weight excluding hydrogens is 524 g/mol. The number of morpholine rings is 1. The van der Waals surface area contributed by atoms with Crippen LogP contribution in [0.5, 0.6) is 0 Å².